The fraction of sp³-hybridized carbons (Fsp3) is 0.667. The quantitative estimate of drug-likeness (QED) is 0.843. The maximum absolute atomic E-state index is 12.5. The van der Waals surface area contributed by atoms with Gasteiger partial charge in [0.15, 0.2) is 5.78 Å². The van der Waals surface area contributed by atoms with Crippen molar-refractivity contribution in [2.75, 3.05) is 0 Å². The molecule has 1 aromatic heterocycles. The van der Waals surface area contributed by atoms with Crippen molar-refractivity contribution in [2.45, 2.75) is 46.7 Å². The summed E-state index contributed by atoms with van der Waals surface area (Å²) in [7, 11) is 0. The molecule has 0 bridgehead atoms. The molecule has 0 spiro atoms. The predicted molar refractivity (Wildman–Crippen MR) is 69.3 cm³/mol. The van der Waals surface area contributed by atoms with E-state index in [0.29, 0.717) is 17.3 Å². The summed E-state index contributed by atoms with van der Waals surface area (Å²) < 4.78 is 1.61. The molecule has 0 radical (unpaired) electrons. The number of aryl methyl sites for hydroxylation is 1. The van der Waals surface area contributed by atoms with E-state index in [0.717, 1.165) is 0 Å². The van der Waals surface area contributed by atoms with Gasteiger partial charge in [0, 0.05) is 17.5 Å². The lowest BCUT2D eigenvalue weighted by Crippen LogP contribution is -2.52. The van der Waals surface area contributed by atoms with Crippen LogP contribution in [0, 0.1) is 5.41 Å². The maximum atomic E-state index is 12.5. The van der Waals surface area contributed by atoms with Gasteiger partial charge in [-0.3, -0.25) is 9.48 Å². The second-order valence-corrected chi connectivity index (χ2v) is 5.74. The zero-order valence-corrected chi connectivity index (χ0v) is 11.8. The zero-order chi connectivity index (χ0) is 13.4. The van der Waals surface area contributed by atoms with E-state index < -0.39 is 11.0 Å². The van der Waals surface area contributed by atoms with Crippen LogP contribution in [0.4, 0.5) is 0 Å². The normalized spacial score (nSPS) is 12.9. The van der Waals surface area contributed by atoms with Gasteiger partial charge >= 0.3 is 0 Å². The molecule has 0 amide bonds. The van der Waals surface area contributed by atoms with Gasteiger partial charge in [-0.2, -0.15) is 5.10 Å². The summed E-state index contributed by atoms with van der Waals surface area (Å²) in [6.07, 6.45) is 1.50. The Morgan fingerprint density at radius 1 is 1.47 bits per heavy atom. The Balaban J connectivity index is 3.26. The predicted octanol–water partition coefficient (Wildman–Crippen LogP) is 2.50. The average Bonchev–Trinajstić information content (AvgIpc) is 2.56. The van der Waals surface area contributed by atoms with Crippen LogP contribution in [0.2, 0.25) is 5.02 Å². The van der Waals surface area contributed by atoms with Gasteiger partial charge in [0.1, 0.15) is 5.69 Å². The van der Waals surface area contributed by atoms with Gasteiger partial charge in [-0.15, -0.1) is 0 Å². The number of hydrogen-bond acceptors (Lipinski definition) is 3. The fourth-order valence-corrected chi connectivity index (χ4v) is 1.64. The molecule has 1 rings (SSSR count). The Kier molecular flexibility index (Phi) is 3.69. The number of halogens is 1. The second-order valence-electron chi connectivity index (χ2n) is 5.33. The summed E-state index contributed by atoms with van der Waals surface area (Å²) in [5.41, 5.74) is 5.18. The molecule has 0 aliphatic heterocycles. The van der Waals surface area contributed by atoms with Crippen LogP contribution in [-0.4, -0.2) is 21.1 Å². The molecule has 0 fully saturated rings. The number of Topliss-reactive ketones (excluding diaryl/α,β-unsaturated/α-hetero) is 1. The maximum Gasteiger partial charge on any atom is 0.189 e. The summed E-state index contributed by atoms with van der Waals surface area (Å²) in [6, 6.07) is 0. The number of nitrogens with zero attached hydrogens (tertiary/aromatic N) is 2. The van der Waals surface area contributed by atoms with E-state index in [-0.39, 0.29) is 5.78 Å². The van der Waals surface area contributed by atoms with Crippen LogP contribution in [0.1, 0.15) is 45.1 Å². The molecular weight excluding hydrogens is 238 g/mol. The number of aromatic nitrogens is 2. The van der Waals surface area contributed by atoms with Crippen molar-refractivity contribution in [1.29, 1.82) is 0 Å². The molecule has 96 valence electrons. The Hall–Kier alpha value is -0.870. The van der Waals surface area contributed by atoms with Crippen molar-refractivity contribution in [2.24, 2.45) is 11.1 Å². The van der Waals surface area contributed by atoms with E-state index in [1.807, 2.05) is 34.6 Å². The summed E-state index contributed by atoms with van der Waals surface area (Å²) in [5, 5.41) is 4.46. The van der Waals surface area contributed by atoms with Crippen LogP contribution in [-0.2, 0) is 6.54 Å². The van der Waals surface area contributed by atoms with Crippen LogP contribution < -0.4 is 5.73 Å². The molecule has 1 heterocycles. The molecule has 17 heavy (non-hydrogen) atoms. The molecule has 1 aromatic rings. The third-order valence-corrected chi connectivity index (χ3v) is 3.76. The Bertz CT molecular complexity index is 429. The first-order valence-electron chi connectivity index (χ1n) is 5.68. The largest absolute Gasteiger partial charge is 0.325 e. The average molecular weight is 258 g/mol. The molecule has 0 saturated heterocycles. The topological polar surface area (TPSA) is 60.9 Å². The lowest BCUT2D eigenvalue weighted by Gasteiger charge is -2.37. The van der Waals surface area contributed by atoms with E-state index >= 15 is 0 Å². The highest BCUT2D eigenvalue weighted by atomic mass is 35.5. The first-order chi connectivity index (χ1) is 7.63. The second kappa shape index (κ2) is 4.42. The van der Waals surface area contributed by atoms with Crippen LogP contribution in [0.15, 0.2) is 6.20 Å². The molecule has 5 heteroatoms. The van der Waals surface area contributed by atoms with Crippen LogP contribution in [0.25, 0.3) is 0 Å². The highest BCUT2D eigenvalue weighted by molar-refractivity contribution is 6.33. The van der Waals surface area contributed by atoms with Crippen molar-refractivity contribution in [3.8, 4) is 0 Å². The van der Waals surface area contributed by atoms with E-state index in [2.05, 4.69) is 5.10 Å². The van der Waals surface area contributed by atoms with Crippen molar-refractivity contribution < 1.29 is 4.79 Å². The highest BCUT2D eigenvalue weighted by Crippen LogP contribution is 2.34. The smallest absolute Gasteiger partial charge is 0.189 e. The van der Waals surface area contributed by atoms with Crippen LogP contribution in [0.3, 0.4) is 0 Å². The fourth-order valence-electron chi connectivity index (χ4n) is 1.42. The lowest BCUT2D eigenvalue weighted by molar-refractivity contribution is 0.0723. The number of rotatable bonds is 4. The van der Waals surface area contributed by atoms with Gasteiger partial charge < -0.3 is 5.73 Å². The van der Waals surface area contributed by atoms with Gasteiger partial charge in [0.2, 0.25) is 0 Å². The third-order valence-electron chi connectivity index (χ3n) is 3.49. The highest BCUT2D eigenvalue weighted by Gasteiger charge is 2.42. The van der Waals surface area contributed by atoms with Crippen LogP contribution >= 0.6 is 11.6 Å². The molecule has 0 aliphatic carbocycles. The molecule has 0 unspecified atom stereocenters. The molecule has 0 aliphatic rings. The van der Waals surface area contributed by atoms with E-state index in [4.69, 9.17) is 17.3 Å². The first-order valence-corrected chi connectivity index (χ1v) is 6.05. The van der Waals surface area contributed by atoms with E-state index in [1.54, 1.807) is 4.68 Å². The minimum atomic E-state index is -0.705. The number of hydrogen-bond donors (Lipinski definition) is 1. The van der Waals surface area contributed by atoms with E-state index in [9.17, 15) is 4.79 Å². The molecule has 0 saturated carbocycles. The summed E-state index contributed by atoms with van der Waals surface area (Å²) >= 11 is 6.03. The van der Waals surface area contributed by atoms with Crippen molar-refractivity contribution in [3.63, 3.8) is 0 Å². The molecule has 4 nitrogen and oxygen atoms in total. The standard InChI is InChI=1S/C12H20ClN3O/c1-6-16-9(8(13)7-15-16)10(17)11(2,3)12(4,5)14/h7H,6,14H2,1-5H3. The zero-order valence-electron chi connectivity index (χ0n) is 11.0. The minimum absolute atomic E-state index is 0.0747. The Labute approximate surface area is 107 Å². The Morgan fingerprint density at radius 2 is 2.00 bits per heavy atom. The molecule has 2 N–H and O–H groups in total. The summed E-state index contributed by atoms with van der Waals surface area (Å²) in [5.74, 6) is -0.0747. The van der Waals surface area contributed by atoms with Gasteiger partial charge in [0.05, 0.1) is 11.2 Å². The molecular formula is C12H20ClN3O. The number of ketones is 1. The van der Waals surface area contributed by atoms with Crippen molar-refractivity contribution in [1.82, 2.24) is 9.78 Å². The summed E-state index contributed by atoms with van der Waals surface area (Å²) in [6.45, 7) is 9.86. The van der Waals surface area contributed by atoms with Crippen LogP contribution in [0.5, 0.6) is 0 Å². The van der Waals surface area contributed by atoms with Gasteiger partial charge in [-0.05, 0) is 20.8 Å². The number of carbonyl (C=O) groups excluding carboxylic acids is 1. The minimum Gasteiger partial charge on any atom is -0.325 e. The van der Waals surface area contributed by atoms with Gasteiger partial charge in [-0.1, -0.05) is 25.4 Å². The van der Waals surface area contributed by atoms with E-state index in [1.165, 1.54) is 6.20 Å². The first kappa shape index (κ1) is 14.2. The third kappa shape index (κ3) is 2.38. The van der Waals surface area contributed by atoms with Gasteiger partial charge in [-0.25, -0.2) is 0 Å². The lowest BCUT2D eigenvalue weighted by atomic mass is 9.71. The molecule has 0 aromatic carbocycles. The van der Waals surface area contributed by atoms with Crippen molar-refractivity contribution >= 4 is 17.4 Å². The monoisotopic (exact) mass is 257 g/mol. The number of nitrogens with two attached hydrogens (primary N) is 1. The SMILES string of the molecule is CCn1ncc(Cl)c1C(=O)C(C)(C)C(C)(C)N. The Morgan fingerprint density at radius 3 is 2.41 bits per heavy atom. The van der Waals surface area contributed by atoms with Gasteiger partial charge in [0.25, 0.3) is 0 Å². The summed E-state index contributed by atoms with van der Waals surface area (Å²) in [4.78, 5) is 12.5. The molecule has 0 atom stereocenters. The van der Waals surface area contributed by atoms with Crippen molar-refractivity contribution in [3.05, 3.63) is 16.9 Å². The number of carbonyl (C=O) groups is 1.